The number of hydrogen-bond donors (Lipinski definition) is 1. The van der Waals surface area contributed by atoms with Crippen LogP contribution in [0.3, 0.4) is 0 Å². The minimum Gasteiger partial charge on any atom is -0.352 e. The van der Waals surface area contributed by atoms with Crippen molar-refractivity contribution < 1.29 is 71.1 Å². The van der Waals surface area contributed by atoms with Crippen LogP contribution in [-0.2, 0) is 34.0 Å². The number of amides is 2. The molecule has 71 heavy (non-hydrogen) atoms. The lowest BCUT2D eigenvalue weighted by Gasteiger charge is -2.30. The van der Waals surface area contributed by atoms with Gasteiger partial charge in [0.1, 0.15) is 11.4 Å². The molecule has 2 heterocycles. The molecule has 8 nitrogen and oxygen atoms in total. The summed E-state index contributed by atoms with van der Waals surface area (Å²) in [6.07, 6.45) is -19.0. The van der Waals surface area contributed by atoms with Crippen LogP contribution in [0.1, 0.15) is 48.9 Å². The van der Waals surface area contributed by atoms with E-state index in [1.54, 1.807) is 68.3 Å². The number of alkyl halides is 14. The van der Waals surface area contributed by atoms with Crippen LogP contribution in [0, 0.1) is 0 Å². The van der Waals surface area contributed by atoms with Crippen molar-refractivity contribution in [2.75, 3.05) is 7.05 Å². The fraction of sp³-hybridized carbons (Fsp3) is 0.289. The van der Waals surface area contributed by atoms with Gasteiger partial charge in [0.15, 0.2) is 0 Å². The highest BCUT2D eigenvalue weighted by Crippen LogP contribution is 2.56. The maximum atomic E-state index is 14.4. The molecule has 0 aliphatic carbocycles. The van der Waals surface area contributed by atoms with Crippen LogP contribution >= 0.6 is 46.4 Å². The highest BCUT2D eigenvalue weighted by atomic mass is 35.5. The monoisotopic (exact) mass is 1100 g/mol. The molecule has 6 aromatic rings. The smallest absolute Gasteiger partial charge is 0.352 e. The van der Waals surface area contributed by atoms with E-state index in [1.807, 2.05) is 6.07 Å². The van der Waals surface area contributed by atoms with Gasteiger partial charge < -0.3 is 10.2 Å². The molecule has 0 bridgehead atoms. The highest BCUT2D eigenvalue weighted by molar-refractivity contribution is 6.38. The summed E-state index contributed by atoms with van der Waals surface area (Å²) >= 11 is 23.9. The predicted molar refractivity (Wildman–Crippen MR) is 237 cm³/mol. The lowest BCUT2D eigenvalue weighted by Crippen LogP contribution is -2.50. The summed E-state index contributed by atoms with van der Waals surface area (Å²) in [6.45, 7) is 4.07. The molecule has 0 aliphatic rings. The number of aromatic nitrogens is 4. The third kappa shape index (κ3) is 11.9. The van der Waals surface area contributed by atoms with Crippen molar-refractivity contribution in [3.8, 4) is 33.6 Å². The maximum Gasteiger partial charge on any atom is 0.435 e. The van der Waals surface area contributed by atoms with Crippen molar-refractivity contribution in [3.05, 3.63) is 140 Å². The first-order valence-corrected chi connectivity index (χ1v) is 21.7. The van der Waals surface area contributed by atoms with Gasteiger partial charge in [-0.1, -0.05) is 96.6 Å². The standard InChI is InChI=1S/C23H18Cl2F7N3O.C22H16Cl2F7N3O/c1-3-19(36)34(2)11-13-5-4-6-14(7-13)15-10-33-35(12-15)20-17(24)8-16(9-18(20)25)21(26,22(27,28)29)23(30,31)32;1-2-18(35)32-9-12-4-3-5-13(6-12)14-10-33-34(11-14)19-16(23)7-15(8-17(19)24)20(25,21(26,27)28)22(29,30)31/h4-10,12H,3,11H2,1-2H3;3-8,10-11H,2,9H2,1H3,(H,32,35). The Bertz CT molecular complexity index is 2820. The van der Waals surface area contributed by atoms with Crippen LogP contribution in [-0.4, -0.2) is 68.0 Å². The van der Waals surface area contributed by atoms with Crippen LogP contribution < -0.4 is 5.32 Å². The van der Waals surface area contributed by atoms with Gasteiger partial charge >= 0.3 is 36.0 Å². The summed E-state index contributed by atoms with van der Waals surface area (Å²) in [5.74, 6) is -0.182. The van der Waals surface area contributed by atoms with Gasteiger partial charge in [-0.25, -0.2) is 18.1 Å². The Balaban J connectivity index is 0.000000264. The number of nitrogens with zero attached hydrogens (tertiary/aromatic N) is 5. The maximum absolute atomic E-state index is 14.4. The first-order chi connectivity index (χ1) is 32.8. The molecule has 26 heteroatoms. The molecular formula is C45H34Cl4F14N6O2. The number of nitrogens with one attached hydrogen (secondary N) is 1. The van der Waals surface area contributed by atoms with Gasteiger partial charge in [-0.2, -0.15) is 62.9 Å². The Morgan fingerprint density at radius 2 is 0.915 bits per heavy atom. The predicted octanol–water partition coefficient (Wildman–Crippen LogP) is 14.7. The number of hydrogen-bond acceptors (Lipinski definition) is 4. The second-order valence-corrected chi connectivity index (χ2v) is 17.0. The van der Waals surface area contributed by atoms with Crippen LogP contribution in [0.15, 0.2) is 97.6 Å². The summed E-state index contributed by atoms with van der Waals surface area (Å²) in [5.41, 5.74) is -11.5. The topological polar surface area (TPSA) is 85.1 Å². The molecule has 2 amide bonds. The molecule has 0 fully saturated rings. The van der Waals surface area contributed by atoms with Crippen molar-refractivity contribution in [2.24, 2.45) is 0 Å². The molecule has 0 saturated heterocycles. The van der Waals surface area contributed by atoms with Gasteiger partial charge in [0.05, 0.1) is 32.5 Å². The molecule has 0 aliphatic heterocycles. The third-order valence-corrected chi connectivity index (χ3v) is 11.6. The summed E-state index contributed by atoms with van der Waals surface area (Å²) in [7, 11) is 1.66. The number of carbonyl (C=O) groups excluding carboxylic acids is 2. The molecule has 0 atom stereocenters. The molecular weight excluding hydrogens is 1060 g/mol. The van der Waals surface area contributed by atoms with Gasteiger partial charge in [0.25, 0.3) is 0 Å². The van der Waals surface area contributed by atoms with Gasteiger partial charge in [-0.15, -0.1) is 0 Å². The molecule has 0 unspecified atom stereocenters. The molecule has 382 valence electrons. The van der Waals surface area contributed by atoms with E-state index in [-0.39, 0.29) is 54.0 Å². The molecule has 1 N–H and O–H groups in total. The van der Waals surface area contributed by atoms with Gasteiger partial charge in [-0.05, 0) is 58.7 Å². The second kappa shape index (κ2) is 21.3. The van der Waals surface area contributed by atoms with Crippen molar-refractivity contribution in [3.63, 3.8) is 0 Å². The van der Waals surface area contributed by atoms with Crippen molar-refractivity contribution in [2.45, 2.75) is 75.8 Å². The Morgan fingerprint density at radius 1 is 0.549 bits per heavy atom. The SMILES string of the molecule is CCC(=O)N(C)Cc1cccc(-c2cnn(-c3c(Cl)cc(C(F)(C(F)(F)F)C(F)(F)F)cc3Cl)c2)c1.CCC(=O)NCc1cccc(-c2cnn(-c3c(Cl)cc(C(F)(C(F)(F)F)C(F)(F)F)cc3Cl)c2)c1. The first kappa shape index (κ1) is 56.3. The fourth-order valence-electron chi connectivity index (χ4n) is 6.80. The van der Waals surface area contributed by atoms with Gasteiger partial charge in [0, 0.05) is 67.6 Å². The fourth-order valence-corrected chi connectivity index (χ4v) is 8.12. The van der Waals surface area contributed by atoms with Gasteiger partial charge in [-0.3, -0.25) is 9.59 Å². The molecule has 0 radical (unpaired) electrons. The van der Waals surface area contributed by atoms with Crippen molar-refractivity contribution in [1.29, 1.82) is 0 Å². The summed E-state index contributed by atoms with van der Waals surface area (Å²) in [5, 5.41) is 8.12. The quantitative estimate of drug-likeness (QED) is 0.124. The summed E-state index contributed by atoms with van der Waals surface area (Å²) in [4.78, 5) is 24.8. The minimum absolute atomic E-state index is 0.0469. The Morgan fingerprint density at radius 3 is 1.27 bits per heavy atom. The zero-order chi connectivity index (χ0) is 53.2. The van der Waals surface area contributed by atoms with Crippen LogP contribution in [0.2, 0.25) is 20.1 Å². The van der Waals surface area contributed by atoms with Crippen LogP contribution in [0.4, 0.5) is 61.5 Å². The van der Waals surface area contributed by atoms with Crippen molar-refractivity contribution >= 4 is 58.2 Å². The first-order valence-electron chi connectivity index (χ1n) is 20.2. The van der Waals surface area contributed by atoms with E-state index < -0.39 is 67.3 Å². The number of benzene rings is 4. The van der Waals surface area contributed by atoms with E-state index in [4.69, 9.17) is 46.4 Å². The van der Waals surface area contributed by atoms with E-state index in [9.17, 15) is 71.1 Å². The van der Waals surface area contributed by atoms with Crippen molar-refractivity contribution in [1.82, 2.24) is 29.8 Å². The lowest BCUT2D eigenvalue weighted by atomic mass is 9.94. The average molecular weight is 1100 g/mol. The second-order valence-electron chi connectivity index (χ2n) is 15.4. The normalized spacial score (nSPS) is 12.6. The third-order valence-electron chi connectivity index (χ3n) is 10.5. The largest absolute Gasteiger partial charge is 0.435 e. The minimum atomic E-state index is -6.31. The lowest BCUT2D eigenvalue weighted by molar-refractivity contribution is -0.349. The molecule has 0 spiro atoms. The number of halogens is 18. The summed E-state index contributed by atoms with van der Waals surface area (Å²) < 4.78 is 188. The zero-order valence-electron chi connectivity index (χ0n) is 36.4. The van der Waals surface area contributed by atoms with E-state index >= 15 is 0 Å². The molecule has 0 saturated carbocycles. The van der Waals surface area contributed by atoms with E-state index in [0.29, 0.717) is 41.6 Å². The Kier molecular flexibility index (Phi) is 16.9. The zero-order valence-corrected chi connectivity index (χ0v) is 39.4. The number of carbonyl (C=O) groups is 2. The summed E-state index contributed by atoms with van der Waals surface area (Å²) in [6, 6.07) is 15.0. The Labute approximate surface area is 414 Å². The molecule has 2 aromatic heterocycles. The van der Waals surface area contributed by atoms with E-state index in [0.717, 1.165) is 20.5 Å². The average Bonchev–Trinajstić information content (AvgIpc) is 3.97. The molecule has 4 aromatic carbocycles. The van der Waals surface area contributed by atoms with E-state index in [2.05, 4.69) is 15.5 Å². The van der Waals surface area contributed by atoms with E-state index in [1.165, 1.54) is 24.8 Å². The molecule has 6 rings (SSSR count). The number of rotatable bonds is 12. The van der Waals surface area contributed by atoms with Crippen LogP contribution in [0.5, 0.6) is 0 Å². The highest BCUT2D eigenvalue weighted by Gasteiger charge is 2.74. The Hall–Kier alpha value is -5.58. The van der Waals surface area contributed by atoms with Gasteiger partial charge in [0.2, 0.25) is 11.8 Å². The van der Waals surface area contributed by atoms with Crippen LogP contribution in [0.25, 0.3) is 33.6 Å².